The molecule has 2 aromatic rings. The van der Waals surface area contributed by atoms with Gasteiger partial charge in [0.2, 0.25) is 0 Å². The van der Waals surface area contributed by atoms with E-state index in [9.17, 15) is 9.59 Å². The Morgan fingerprint density at radius 3 is 2.45 bits per heavy atom. The molecule has 6 heteroatoms. The maximum Gasteiger partial charge on any atom is 0.329 e. The summed E-state index contributed by atoms with van der Waals surface area (Å²) in [6, 6.07) is 11.1. The van der Waals surface area contributed by atoms with Gasteiger partial charge in [-0.15, -0.1) is 0 Å². The van der Waals surface area contributed by atoms with Gasteiger partial charge in [0.15, 0.2) is 0 Å². The van der Waals surface area contributed by atoms with E-state index in [2.05, 4.69) is 20.8 Å². The molecule has 0 fully saturated rings. The summed E-state index contributed by atoms with van der Waals surface area (Å²) in [5, 5.41) is 6.25. The minimum absolute atomic E-state index is 0.260. The van der Waals surface area contributed by atoms with E-state index in [-0.39, 0.29) is 6.54 Å². The van der Waals surface area contributed by atoms with Crippen molar-refractivity contribution in [2.45, 2.75) is 13.5 Å². The van der Waals surface area contributed by atoms with Gasteiger partial charge >= 0.3 is 11.8 Å². The molecule has 0 unspecified atom stereocenters. The van der Waals surface area contributed by atoms with Gasteiger partial charge in [0.1, 0.15) is 0 Å². The smallest absolute Gasteiger partial charge is 0.329 e. The van der Waals surface area contributed by atoms with Crippen LogP contribution in [0, 0.1) is 6.92 Å². The lowest BCUT2D eigenvalue weighted by atomic mass is 10.2. The highest BCUT2D eigenvalue weighted by Crippen LogP contribution is 1.99. The van der Waals surface area contributed by atoms with Crippen LogP contribution in [-0.2, 0) is 16.1 Å². The van der Waals surface area contributed by atoms with E-state index in [0.29, 0.717) is 0 Å². The van der Waals surface area contributed by atoms with Crippen molar-refractivity contribution >= 4 is 18.0 Å². The van der Waals surface area contributed by atoms with Crippen LogP contribution in [0.1, 0.15) is 16.7 Å². The Morgan fingerprint density at radius 2 is 1.77 bits per heavy atom. The van der Waals surface area contributed by atoms with Gasteiger partial charge in [-0.2, -0.15) is 5.10 Å². The Morgan fingerprint density at radius 1 is 1.09 bits per heavy atom. The summed E-state index contributed by atoms with van der Waals surface area (Å²) in [4.78, 5) is 27.0. The molecule has 2 N–H and O–H groups in total. The zero-order valence-corrected chi connectivity index (χ0v) is 12.1. The van der Waals surface area contributed by atoms with Crippen LogP contribution in [-0.4, -0.2) is 23.0 Å². The van der Waals surface area contributed by atoms with Gasteiger partial charge in [-0.3, -0.25) is 14.6 Å². The minimum Gasteiger partial charge on any atom is -0.344 e. The van der Waals surface area contributed by atoms with Crippen LogP contribution in [0.15, 0.2) is 53.9 Å². The van der Waals surface area contributed by atoms with E-state index in [1.165, 1.54) is 6.21 Å². The van der Waals surface area contributed by atoms with Crippen molar-refractivity contribution in [2.24, 2.45) is 5.10 Å². The predicted molar refractivity (Wildman–Crippen MR) is 83.0 cm³/mol. The Hall–Kier alpha value is -3.02. The Balaban J connectivity index is 1.79. The summed E-state index contributed by atoms with van der Waals surface area (Å²) < 4.78 is 0. The van der Waals surface area contributed by atoms with Gasteiger partial charge in [0.05, 0.1) is 6.21 Å². The Labute approximate surface area is 128 Å². The first-order valence-corrected chi connectivity index (χ1v) is 6.72. The number of carbonyl (C=O) groups excluding carboxylic acids is 2. The number of hydrogen-bond acceptors (Lipinski definition) is 4. The molecule has 1 aromatic heterocycles. The molecule has 0 saturated carbocycles. The van der Waals surface area contributed by atoms with Gasteiger partial charge in [-0.1, -0.05) is 29.8 Å². The zero-order chi connectivity index (χ0) is 15.8. The average molecular weight is 296 g/mol. The summed E-state index contributed by atoms with van der Waals surface area (Å²) >= 11 is 0. The van der Waals surface area contributed by atoms with Gasteiger partial charge in [0, 0.05) is 18.9 Å². The molecule has 112 valence electrons. The van der Waals surface area contributed by atoms with Crippen molar-refractivity contribution in [1.29, 1.82) is 0 Å². The molecule has 0 saturated heterocycles. The number of pyridine rings is 1. The molecule has 0 atom stereocenters. The SMILES string of the molecule is Cc1ccc(/C=N\NC(=O)C(=O)NCc2ccncc2)cc1. The number of hydrazone groups is 1. The number of carbonyl (C=O) groups is 2. The maximum atomic E-state index is 11.6. The fraction of sp³-hybridized carbons (Fsp3) is 0.125. The van der Waals surface area contributed by atoms with E-state index in [0.717, 1.165) is 16.7 Å². The molecule has 0 aliphatic carbocycles. The third-order valence-electron chi connectivity index (χ3n) is 2.87. The van der Waals surface area contributed by atoms with Gasteiger partial charge < -0.3 is 5.32 Å². The van der Waals surface area contributed by atoms with Crippen molar-refractivity contribution in [1.82, 2.24) is 15.7 Å². The molecule has 2 rings (SSSR count). The molecule has 22 heavy (non-hydrogen) atoms. The molecule has 0 aliphatic rings. The third kappa shape index (κ3) is 4.82. The van der Waals surface area contributed by atoms with Crippen molar-refractivity contribution in [3.05, 3.63) is 65.5 Å². The number of nitrogens with one attached hydrogen (secondary N) is 2. The van der Waals surface area contributed by atoms with Crippen LogP contribution in [0.25, 0.3) is 0 Å². The standard InChI is InChI=1S/C16H16N4O2/c1-12-2-4-13(5-3-12)11-19-20-16(22)15(21)18-10-14-6-8-17-9-7-14/h2-9,11H,10H2,1H3,(H,18,21)(H,20,22)/b19-11-. The predicted octanol–water partition coefficient (Wildman–Crippen LogP) is 1.16. The van der Waals surface area contributed by atoms with Gasteiger partial charge in [-0.25, -0.2) is 5.43 Å². The molecular formula is C16H16N4O2. The summed E-state index contributed by atoms with van der Waals surface area (Å²) in [7, 11) is 0. The molecule has 1 heterocycles. The fourth-order valence-corrected chi connectivity index (χ4v) is 1.63. The largest absolute Gasteiger partial charge is 0.344 e. The number of benzene rings is 1. The topological polar surface area (TPSA) is 83.5 Å². The van der Waals surface area contributed by atoms with E-state index >= 15 is 0 Å². The van der Waals surface area contributed by atoms with Crippen molar-refractivity contribution in [3.8, 4) is 0 Å². The molecule has 0 aliphatic heterocycles. The van der Waals surface area contributed by atoms with Crippen LogP contribution in [0.5, 0.6) is 0 Å². The molecule has 0 bridgehead atoms. The number of nitrogens with zero attached hydrogens (tertiary/aromatic N) is 2. The van der Waals surface area contributed by atoms with Gasteiger partial charge in [-0.05, 0) is 30.2 Å². The summed E-state index contributed by atoms with van der Waals surface area (Å²) in [5.74, 6) is -1.55. The minimum atomic E-state index is -0.808. The second-order valence-electron chi connectivity index (χ2n) is 4.65. The number of aromatic nitrogens is 1. The van der Waals surface area contributed by atoms with E-state index < -0.39 is 11.8 Å². The Kier molecular flexibility index (Phi) is 5.37. The molecule has 0 spiro atoms. The van der Waals surface area contributed by atoms with Gasteiger partial charge in [0.25, 0.3) is 0 Å². The normalized spacial score (nSPS) is 10.4. The lowest BCUT2D eigenvalue weighted by Crippen LogP contribution is -2.37. The molecule has 2 amide bonds. The third-order valence-corrected chi connectivity index (χ3v) is 2.87. The quantitative estimate of drug-likeness (QED) is 0.504. The first-order valence-electron chi connectivity index (χ1n) is 6.72. The zero-order valence-electron chi connectivity index (χ0n) is 12.1. The highest BCUT2D eigenvalue weighted by atomic mass is 16.2. The number of hydrogen-bond donors (Lipinski definition) is 2. The molecule has 6 nitrogen and oxygen atoms in total. The Bertz CT molecular complexity index is 666. The van der Waals surface area contributed by atoms with Crippen LogP contribution < -0.4 is 10.7 Å². The monoisotopic (exact) mass is 296 g/mol. The second kappa shape index (κ2) is 7.68. The fourth-order valence-electron chi connectivity index (χ4n) is 1.63. The lowest BCUT2D eigenvalue weighted by molar-refractivity contribution is -0.139. The first-order chi connectivity index (χ1) is 10.6. The highest BCUT2D eigenvalue weighted by molar-refractivity contribution is 6.35. The van der Waals surface area contributed by atoms with E-state index in [4.69, 9.17) is 0 Å². The number of amides is 2. The molecule has 0 radical (unpaired) electrons. The lowest BCUT2D eigenvalue weighted by Gasteiger charge is -2.03. The van der Waals surface area contributed by atoms with Crippen molar-refractivity contribution in [2.75, 3.05) is 0 Å². The van der Waals surface area contributed by atoms with Crippen LogP contribution in [0.2, 0.25) is 0 Å². The first kappa shape index (κ1) is 15.4. The average Bonchev–Trinajstić information content (AvgIpc) is 2.55. The number of rotatable bonds is 4. The summed E-state index contributed by atoms with van der Waals surface area (Å²) in [6.45, 7) is 2.24. The van der Waals surface area contributed by atoms with E-state index in [1.54, 1.807) is 24.5 Å². The highest BCUT2D eigenvalue weighted by Gasteiger charge is 2.11. The number of aryl methyl sites for hydroxylation is 1. The summed E-state index contributed by atoms with van der Waals surface area (Å²) in [6.07, 6.45) is 4.72. The van der Waals surface area contributed by atoms with E-state index in [1.807, 2.05) is 31.2 Å². The molecular weight excluding hydrogens is 280 g/mol. The maximum absolute atomic E-state index is 11.6. The van der Waals surface area contributed by atoms with Crippen molar-refractivity contribution < 1.29 is 9.59 Å². The van der Waals surface area contributed by atoms with Crippen LogP contribution in [0.3, 0.4) is 0 Å². The second-order valence-corrected chi connectivity index (χ2v) is 4.65. The van der Waals surface area contributed by atoms with Crippen LogP contribution in [0.4, 0.5) is 0 Å². The van der Waals surface area contributed by atoms with Crippen LogP contribution >= 0.6 is 0 Å². The summed E-state index contributed by atoms with van der Waals surface area (Å²) in [5.41, 5.74) is 5.02. The molecule has 1 aromatic carbocycles. The van der Waals surface area contributed by atoms with Crippen molar-refractivity contribution in [3.63, 3.8) is 0 Å².